The number of rotatable bonds is 6. The molecule has 8 nitrogen and oxygen atoms in total. The Bertz CT molecular complexity index is 831. The highest BCUT2D eigenvalue weighted by Gasteiger charge is 2.34. The van der Waals surface area contributed by atoms with Crippen LogP contribution in [0.3, 0.4) is 0 Å². The molecular formula is C19H22FN5O3. The molecule has 1 saturated heterocycles. The third-order valence-electron chi connectivity index (χ3n) is 4.42. The molecule has 2 amide bonds. The Labute approximate surface area is 161 Å². The van der Waals surface area contributed by atoms with Crippen LogP contribution >= 0.6 is 0 Å². The van der Waals surface area contributed by atoms with Crippen LogP contribution in [0.15, 0.2) is 48.5 Å². The van der Waals surface area contributed by atoms with Gasteiger partial charge in [-0.05, 0) is 29.8 Å². The number of amides is 2. The van der Waals surface area contributed by atoms with Crippen LogP contribution in [0, 0.1) is 11.7 Å². The van der Waals surface area contributed by atoms with Gasteiger partial charge in [0, 0.05) is 6.54 Å². The zero-order chi connectivity index (χ0) is 19.9. The Morgan fingerprint density at radius 2 is 1.89 bits per heavy atom. The molecule has 0 bridgehead atoms. The predicted molar refractivity (Wildman–Crippen MR) is 102 cm³/mol. The first-order chi connectivity index (χ1) is 13.6. The number of hydrazine groups is 2. The summed E-state index contributed by atoms with van der Waals surface area (Å²) in [5.41, 5.74) is 12.2. The first-order valence-electron chi connectivity index (χ1n) is 8.78. The van der Waals surface area contributed by atoms with Gasteiger partial charge in [0.05, 0.1) is 31.3 Å². The number of benzene rings is 2. The van der Waals surface area contributed by atoms with Crippen LogP contribution < -0.4 is 31.8 Å². The zero-order valence-electron chi connectivity index (χ0n) is 15.3. The van der Waals surface area contributed by atoms with Crippen molar-refractivity contribution in [3.63, 3.8) is 0 Å². The van der Waals surface area contributed by atoms with E-state index in [1.54, 1.807) is 31.4 Å². The average molecular weight is 387 g/mol. The van der Waals surface area contributed by atoms with Crippen LogP contribution in [0.1, 0.15) is 11.6 Å². The van der Waals surface area contributed by atoms with Crippen molar-refractivity contribution in [2.75, 3.05) is 25.5 Å². The molecule has 0 aliphatic carbocycles. The van der Waals surface area contributed by atoms with Crippen molar-refractivity contribution in [1.82, 2.24) is 21.7 Å². The minimum Gasteiger partial charge on any atom is -0.495 e. The molecule has 2 aromatic carbocycles. The minimum atomic E-state index is -0.465. The summed E-state index contributed by atoms with van der Waals surface area (Å²) in [7, 11) is 1.54. The summed E-state index contributed by atoms with van der Waals surface area (Å²) < 4.78 is 18.3. The fourth-order valence-corrected chi connectivity index (χ4v) is 2.96. The van der Waals surface area contributed by atoms with Crippen molar-refractivity contribution in [2.24, 2.45) is 5.92 Å². The molecule has 2 aromatic rings. The van der Waals surface area contributed by atoms with E-state index in [2.05, 4.69) is 27.0 Å². The summed E-state index contributed by atoms with van der Waals surface area (Å²) in [5, 5.41) is 2.95. The lowest BCUT2D eigenvalue weighted by atomic mass is 9.94. The monoisotopic (exact) mass is 387 g/mol. The number of hydrogen-bond acceptors (Lipinski definition) is 6. The lowest BCUT2D eigenvalue weighted by Gasteiger charge is -2.19. The van der Waals surface area contributed by atoms with Gasteiger partial charge in [0.25, 0.3) is 5.91 Å². The normalized spacial score (nSPS) is 18.4. The van der Waals surface area contributed by atoms with E-state index in [1.165, 1.54) is 12.1 Å². The largest absolute Gasteiger partial charge is 0.495 e. The summed E-state index contributed by atoms with van der Waals surface area (Å²) >= 11 is 0. The molecule has 0 saturated carbocycles. The molecule has 1 aliphatic rings. The molecule has 9 heteroatoms. The van der Waals surface area contributed by atoms with Gasteiger partial charge in [-0.2, -0.15) is 0 Å². The smallest absolute Gasteiger partial charge is 0.257 e. The number of hydrogen-bond donors (Lipinski definition) is 5. The van der Waals surface area contributed by atoms with E-state index in [0.717, 1.165) is 5.56 Å². The van der Waals surface area contributed by atoms with Crippen LogP contribution in [-0.4, -0.2) is 32.0 Å². The SMILES string of the molecule is COc1ccccc1NCC(=O)NNC(=O)C1CNNC1c1ccc(F)cc1. The number of halogens is 1. The van der Waals surface area contributed by atoms with Crippen LogP contribution in [0.25, 0.3) is 0 Å². The van der Waals surface area contributed by atoms with Gasteiger partial charge in [-0.3, -0.25) is 25.9 Å². The van der Waals surface area contributed by atoms with Gasteiger partial charge in [0.2, 0.25) is 5.91 Å². The van der Waals surface area contributed by atoms with Crippen molar-refractivity contribution in [3.8, 4) is 5.75 Å². The molecule has 0 aromatic heterocycles. The lowest BCUT2D eigenvalue weighted by molar-refractivity contribution is -0.130. The van der Waals surface area contributed by atoms with Crippen LogP contribution in [-0.2, 0) is 9.59 Å². The Kier molecular flexibility index (Phi) is 6.41. The number of nitrogens with one attached hydrogen (secondary N) is 5. The summed E-state index contributed by atoms with van der Waals surface area (Å²) in [6.45, 7) is 0.340. The molecule has 1 fully saturated rings. The number of carbonyl (C=O) groups is 2. The summed E-state index contributed by atoms with van der Waals surface area (Å²) in [5.74, 6) is -0.947. The Morgan fingerprint density at radius 1 is 1.14 bits per heavy atom. The second-order valence-corrected chi connectivity index (χ2v) is 6.25. The molecule has 1 heterocycles. The standard InChI is InChI=1S/C19H22FN5O3/c1-28-16-5-3-2-4-15(16)21-11-17(26)23-25-19(27)14-10-22-24-18(14)12-6-8-13(20)9-7-12/h2-9,14,18,21-22,24H,10-11H2,1H3,(H,23,26)(H,25,27). The highest BCUT2D eigenvalue weighted by Crippen LogP contribution is 2.25. The molecular weight excluding hydrogens is 365 g/mol. The van der Waals surface area contributed by atoms with Crippen LogP contribution in [0.5, 0.6) is 5.75 Å². The number of para-hydroxylation sites is 2. The van der Waals surface area contributed by atoms with Gasteiger partial charge in [-0.25, -0.2) is 9.82 Å². The van der Waals surface area contributed by atoms with Crippen molar-refractivity contribution in [1.29, 1.82) is 0 Å². The Morgan fingerprint density at radius 3 is 2.64 bits per heavy atom. The highest BCUT2D eigenvalue weighted by atomic mass is 19.1. The third kappa shape index (κ3) is 4.76. The van der Waals surface area contributed by atoms with Crippen molar-refractivity contribution in [2.45, 2.75) is 6.04 Å². The maximum absolute atomic E-state index is 13.1. The van der Waals surface area contributed by atoms with Crippen LogP contribution in [0.4, 0.5) is 10.1 Å². The van der Waals surface area contributed by atoms with Gasteiger partial charge in [0.1, 0.15) is 11.6 Å². The van der Waals surface area contributed by atoms with Crippen LogP contribution in [0.2, 0.25) is 0 Å². The molecule has 2 atom stereocenters. The fourth-order valence-electron chi connectivity index (χ4n) is 2.96. The second-order valence-electron chi connectivity index (χ2n) is 6.25. The molecule has 1 aliphatic heterocycles. The van der Waals surface area contributed by atoms with Gasteiger partial charge in [-0.1, -0.05) is 24.3 Å². The number of anilines is 1. The first-order valence-corrected chi connectivity index (χ1v) is 8.78. The van der Waals surface area contributed by atoms with Gasteiger partial charge in [0.15, 0.2) is 0 Å². The van der Waals surface area contributed by atoms with Gasteiger partial charge < -0.3 is 10.1 Å². The molecule has 0 radical (unpaired) electrons. The van der Waals surface area contributed by atoms with Gasteiger partial charge >= 0.3 is 0 Å². The summed E-state index contributed by atoms with van der Waals surface area (Å²) in [6.07, 6.45) is 0. The van der Waals surface area contributed by atoms with E-state index < -0.39 is 11.8 Å². The predicted octanol–water partition coefficient (Wildman–Crippen LogP) is 0.859. The molecule has 28 heavy (non-hydrogen) atoms. The topological polar surface area (TPSA) is 104 Å². The number of carbonyl (C=O) groups excluding carboxylic acids is 2. The quantitative estimate of drug-likeness (QED) is 0.471. The fraction of sp³-hybridized carbons (Fsp3) is 0.263. The maximum atomic E-state index is 13.1. The lowest BCUT2D eigenvalue weighted by Crippen LogP contribution is -2.47. The Hall–Kier alpha value is -3.17. The van der Waals surface area contributed by atoms with Crippen molar-refractivity contribution < 1.29 is 18.7 Å². The van der Waals surface area contributed by atoms with E-state index in [9.17, 15) is 14.0 Å². The number of ether oxygens (including phenoxy) is 1. The molecule has 3 rings (SSSR count). The maximum Gasteiger partial charge on any atom is 0.257 e. The average Bonchev–Trinajstić information content (AvgIpc) is 3.21. The summed E-state index contributed by atoms with van der Waals surface area (Å²) in [6, 6.07) is 12.8. The van der Waals surface area contributed by atoms with Crippen molar-refractivity contribution in [3.05, 3.63) is 59.9 Å². The van der Waals surface area contributed by atoms with E-state index in [4.69, 9.17) is 4.74 Å². The molecule has 148 valence electrons. The van der Waals surface area contributed by atoms with E-state index in [0.29, 0.717) is 18.0 Å². The molecule has 5 N–H and O–H groups in total. The van der Waals surface area contributed by atoms with E-state index in [-0.39, 0.29) is 24.3 Å². The third-order valence-corrected chi connectivity index (χ3v) is 4.42. The molecule has 0 spiro atoms. The highest BCUT2D eigenvalue weighted by molar-refractivity contribution is 5.86. The van der Waals surface area contributed by atoms with Gasteiger partial charge in [-0.15, -0.1) is 0 Å². The number of methoxy groups -OCH3 is 1. The Balaban J connectivity index is 1.50. The van der Waals surface area contributed by atoms with E-state index >= 15 is 0 Å². The van der Waals surface area contributed by atoms with E-state index in [1.807, 2.05) is 12.1 Å². The molecule has 2 unspecified atom stereocenters. The summed E-state index contributed by atoms with van der Waals surface area (Å²) in [4.78, 5) is 24.5. The first kappa shape index (κ1) is 19.6. The zero-order valence-corrected chi connectivity index (χ0v) is 15.3. The van der Waals surface area contributed by atoms with Crippen molar-refractivity contribution >= 4 is 17.5 Å². The minimum absolute atomic E-state index is 0.0385. The second kappa shape index (κ2) is 9.16.